The van der Waals surface area contributed by atoms with Crippen molar-refractivity contribution in [1.82, 2.24) is 9.88 Å². The molecule has 1 amide bonds. The van der Waals surface area contributed by atoms with Gasteiger partial charge < -0.3 is 24.6 Å². The molecule has 2 aromatic rings. The minimum Gasteiger partial charge on any atom is -0.491 e. The van der Waals surface area contributed by atoms with Crippen LogP contribution in [0.2, 0.25) is 0 Å². The van der Waals surface area contributed by atoms with Crippen molar-refractivity contribution in [3.63, 3.8) is 0 Å². The molecule has 1 aromatic carbocycles. The van der Waals surface area contributed by atoms with Crippen LogP contribution in [0.3, 0.4) is 0 Å². The largest absolute Gasteiger partial charge is 0.491 e. The van der Waals surface area contributed by atoms with Crippen molar-refractivity contribution < 1.29 is 27.8 Å². The number of hydrogen-bond donors (Lipinski definition) is 1. The van der Waals surface area contributed by atoms with Crippen LogP contribution in [0.25, 0.3) is 0 Å². The average molecular weight is 432 g/mol. The molecule has 2 aliphatic rings. The van der Waals surface area contributed by atoms with Crippen LogP contribution in [0.15, 0.2) is 24.4 Å². The van der Waals surface area contributed by atoms with E-state index >= 15 is 0 Å². The number of esters is 1. The van der Waals surface area contributed by atoms with Crippen molar-refractivity contribution in [2.75, 3.05) is 43.5 Å². The van der Waals surface area contributed by atoms with Gasteiger partial charge in [0.15, 0.2) is 23.1 Å². The van der Waals surface area contributed by atoms with Gasteiger partial charge in [-0.25, -0.2) is 8.78 Å². The fraction of sp³-hybridized carbons (Fsp3) is 0.381. The minimum atomic E-state index is -0.763. The van der Waals surface area contributed by atoms with Gasteiger partial charge >= 0.3 is 5.97 Å². The van der Waals surface area contributed by atoms with Gasteiger partial charge in [0.1, 0.15) is 0 Å². The molecule has 2 aliphatic heterocycles. The van der Waals surface area contributed by atoms with Crippen molar-refractivity contribution >= 4 is 23.3 Å². The van der Waals surface area contributed by atoms with Crippen LogP contribution in [0.1, 0.15) is 12.6 Å². The van der Waals surface area contributed by atoms with E-state index in [9.17, 15) is 18.4 Å². The molecule has 0 saturated carbocycles. The van der Waals surface area contributed by atoms with Gasteiger partial charge in [0.2, 0.25) is 5.91 Å². The van der Waals surface area contributed by atoms with Gasteiger partial charge in [-0.3, -0.25) is 14.6 Å². The molecule has 4 rings (SSSR count). The highest BCUT2D eigenvalue weighted by Gasteiger charge is 2.28. The van der Waals surface area contributed by atoms with Crippen molar-refractivity contribution in [3.05, 3.63) is 41.7 Å². The Bertz CT molecular complexity index is 1010. The first kappa shape index (κ1) is 20.8. The number of fused-ring (bicyclic) bond motifs is 1. The number of pyridine rings is 1. The zero-order valence-electron chi connectivity index (χ0n) is 17.2. The molecule has 1 fully saturated rings. The van der Waals surface area contributed by atoms with E-state index in [-0.39, 0.29) is 30.9 Å². The van der Waals surface area contributed by atoms with E-state index in [0.717, 1.165) is 0 Å². The third-order valence-corrected chi connectivity index (χ3v) is 5.41. The Kier molecular flexibility index (Phi) is 5.62. The number of halogens is 2. The number of ether oxygens (including phenoxy) is 2. The first-order chi connectivity index (χ1) is 14.9. The average Bonchev–Trinajstić information content (AvgIpc) is 3.11. The lowest BCUT2D eigenvalue weighted by Gasteiger charge is -2.41. The van der Waals surface area contributed by atoms with Gasteiger partial charge in [-0.15, -0.1) is 0 Å². The van der Waals surface area contributed by atoms with E-state index in [0.29, 0.717) is 42.5 Å². The number of amides is 1. The van der Waals surface area contributed by atoms with Crippen LogP contribution < -0.4 is 19.7 Å². The van der Waals surface area contributed by atoms with Gasteiger partial charge in [-0.2, -0.15) is 0 Å². The molecule has 10 heteroatoms. The topological polar surface area (TPSA) is 84.0 Å². The lowest BCUT2D eigenvalue weighted by atomic mass is 10.1. The fourth-order valence-corrected chi connectivity index (χ4v) is 3.85. The van der Waals surface area contributed by atoms with E-state index in [2.05, 4.69) is 10.3 Å². The molecule has 8 nitrogen and oxygen atoms in total. The predicted octanol–water partition coefficient (Wildman–Crippen LogP) is 1.98. The normalized spacial score (nSPS) is 17.9. The number of anilines is 2. The fourth-order valence-electron chi connectivity index (χ4n) is 3.85. The Balaban J connectivity index is 1.35. The summed E-state index contributed by atoms with van der Waals surface area (Å²) in [5.41, 5.74) is 1.57. The predicted molar refractivity (Wildman–Crippen MR) is 108 cm³/mol. The van der Waals surface area contributed by atoms with E-state index in [1.807, 2.05) is 11.8 Å². The first-order valence-corrected chi connectivity index (χ1v) is 9.86. The Morgan fingerprint density at radius 1 is 1.29 bits per heavy atom. The summed E-state index contributed by atoms with van der Waals surface area (Å²) in [4.78, 5) is 31.8. The SMILES string of the molecule is COc1c(F)cc(N2CCN(C(=O)CNc3cnc4c(c3)OC(=O)C4)[C@H](C)C2)cc1F. The third kappa shape index (κ3) is 4.23. The number of nitrogens with one attached hydrogen (secondary N) is 1. The Hall–Kier alpha value is -3.43. The smallest absolute Gasteiger partial charge is 0.317 e. The molecule has 0 unspecified atom stereocenters. The number of carbonyl (C=O) groups excluding carboxylic acids is 2. The van der Waals surface area contributed by atoms with Gasteiger partial charge in [-0.1, -0.05) is 0 Å². The number of rotatable bonds is 5. The molecule has 1 N–H and O–H groups in total. The monoisotopic (exact) mass is 432 g/mol. The Morgan fingerprint density at radius 2 is 2.03 bits per heavy atom. The molecule has 3 heterocycles. The summed E-state index contributed by atoms with van der Waals surface area (Å²) in [6.07, 6.45) is 1.71. The van der Waals surface area contributed by atoms with E-state index in [1.165, 1.54) is 19.2 Å². The molecule has 0 spiro atoms. The van der Waals surface area contributed by atoms with E-state index in [4.69, 9.17) is 9.47 Å². The highest BCUT2D eigenvalue weighted by Crippen LogP contribution is 2.29. The number of carbonyl (C=O) groups is 2. The molecular weight excluding hydrogens is 410 g/mol. The number of methoxy groups -OCH3 is 1. The molecule has 0 bridgehead atoms. The van der Waals surface area contributed by atoms with E-state index < -0.39 is 17.4 Å². The molecule has 164 valence electrons. The third-order valence-electron chi connectivity index (χ3n) is 5.41. The van der Waals surface area contributed by atoms with Gasteiger partial charge in [0, 0.05) is 49.6 Å². The molecular formula is C21H22F2N4O4. The first-order valence-electron chi connectivity index (χ1n) is 9.86. The van der Waals surface area contributed by atoms with Crippen LogP contribution in [0.5, 0.6) is 11.5 Å². The molecule has 0 radical (unpaired) electrons. The van der Waals surface area contributed by atoms with Crippen molar-refractivity contribution in [1.29, 1.82) is 0 Å². The second-order valence-electron chi connectivity index (χ2n) is 7.50. The molecule has 0 aliphatic carbocycles. The summed E-state index contributed by atoms with van der Waals surface area (Å²) < 4.78 is 37.9. The molecule has 1 aromatic heterocycles. The summed E-state index contributed by atoms with van der Waals surface area (Å²) in [6.45, 7) is 3.23. The van der Waals surface area contributed by atoms with Crippen LogP contribution in [-0.4, -0.2) is 61.1 Å². The van der Waals surface area contributed by atoms with Crippen LogP contribution in [0.4, 0.5) is 20.2 Å². The quantitative estimate of drug-likeness (QED) is 0.724. The zero-order valence-corrected chi connectivity index (χ0v) is 17.2. The van der Waals surface area contributed by atoms with Gasteiger partial charge in [0.05, 0.1) is 37.7 Å². The summed E-state index contributed by atoms with van der Waals surface area (Å²) in [7, 11) is 1.22. The number of benzene rings is 1. The summed E-state index contributed by atoms with van der Waals surface area (Å²) in [5.74, 6) is -1.99. The maximum absolute atomic E-state index is 14.0. The van der Waals surface area contributed by atoms with Crippen molar-refractivity contribution in [2.24, 2.45) is 0 Å². The lowest BCUT2D eigenvalue weighted by Crippen LogP contribution is -2.55. The number of nitrogens with zero attached hydrogens (tertiary/aromatic N) is 3. The number of piperazine rings is 1. The summed E-state index contributed by atoms with van der Waals surface area (Å²) >= 11 is 0. The maximum Gasteiger partial charge on any atom is 0.317 e. The van der Waals surface area contributed by atoms with Crippen LogP contribution in [0, 0.1) is 11.6 Å². The number of aromatic nitrogens is 1. The van der Waals surface area contributed by atoms with Crippen LogP contribution in [-0.2, 0) is 16.0 Å². The van der Waals surface area contributed by atoms with Gasteiger partial charge in [0.25, 0.3) is 0 Å². The van der Waals surface area contributed by atoms with Crippen molar-refractivity contribution in [3.8, 4) is 11.5 Å². The Labute approximate surface area is 177 Å². The Morgan fingerprint density at radius 3 is 2.71 bits per heavy atom. The molecule has 1 saturated heterocycles. The second-order valence-corrected chi connectivity index (χ2v) is 7.50. The van der Waals surface area contributed by atoms with Gasteiger partial charge in [-0.05, 0) is 6.92 Å². The minimum absolute atomic E-state index is 0.0462. The highest BCUT2D eigenvalue weighted by atomic mass is 19.1. The molecule has 1 atom stereocenters. The maximum atomic E-state index is 14.0. The second kappa shape index (κ2) is 8.37. The zero-order chi connectivity index (χ0) is 22.1. The standard InChI is InChI=1S/C21H22F2N4O4/c1-12-11-26(14-6-15(22)21(30-2)16(23)7-14)3-4-27(12)19(28)10-24-13-5-18-17(25-9-13)8-20(29)31-18/h5-7,9,12,24H,3-4,8,10-11H2,1-2H3/t12-/m1/s1. The highest BCUT2D eigenvalue weighted by molar-refractivity contribution is 5.83. The number of hydrogen-bond acceptors (Lipinski definition) is 7. The lowest BCUT2D eigenvalue weighted by molar-refractivity contribution is -0.132. The van der Waals surface area contributed by atoms with Crippen molar-refractivity contribution in [2.45, 2.75) is 19.4 Å². The summed E-state index contributed by atoms with van der Waals surface area (Å²) in [6, 6.07) is 3.97. The van der Waals surface area contributed by atoms with E-state index in [1.54, 1.807) is 17.2 Å². The molecule has 31 heavy (non-hydrogen) atoms. The van der Waals surface area contributed by atoms with Crippen LogP contribution >= 0.6 is 0 Å². The summed E-state index contributed by atoms with van der Waals surface area (Å²) in [5, 5.41) is 3.01.